The van der Waals surface area contributed by atoms with Gasteiger partial charge in [-0.05, 0) is 28.8 Å². The van der Waals surface area contributed by atoms with Gasteiger partial charge in [0.1, 0.15) is 0 Å². The smallest absolute Gasteiger partial charge is 0.0880 e. The highest BCUT2D eigenvalue weighted by Crippen LogP contribution is 2.20. The molecule has 0 fully saturated rings. The average Bonchev–Trinajstić information content (AvgIpc) is 2.37. The van der Waals surface area contributed by atoms with Crippen LogP contribution < -0.4 is 0 Å². The normalized spacial score (nSPS) is 9.24. The van der Waals surface area contributed by atoms with E-state index in [4.69, 9.17) is 5.53 Å². The zero-order chi connectivity index (χ0) is 12.1. The van der Waals surface area contributed by atoms with Gasteiger partial charge in [0.25, 0.3) is 0 Å². The van der Waals surface area contributed by atoms with Crippen molar-refractivity contribution < 1.29 is 0 Å². The number of nitrogens with zero attached hydrogens (tertiary/aromatic N) is 3. The standard InChI is InChI=1S/C14H11N3/c1-11-8-9-12-5-2-3-6-14(12)13(11)7-4-10-16-17-15/h2-3,5-6,8-9H,10H2,1H3. The Morgan fingerprint density at radius 3 is 2.88 bits per heavy atom. The number of fused-ring (bicyclic) bond motifs is 1. The van der Waals surface area contributed by atoms with Gasteiger partial charge >= 0.3 is 0 Å². The highest BCUT2D eigenvalue weighted by molar-refractivity contribution is 5.89. The van der Waals surface area contributed by atoms with Crippen LogP contribution in [-0.4, -0.2) is 6.54 Å². The van der Waals surface area contributed by atoms with Gasteiger partial charge in [0.2, 0.25) is 0 Å². The van der Waals surface area contributed by atoms with E-state index in [-0.39, 0.29) is 6.54 Å². The quantitative estimate of drug-likeness (QED) is 0.304. The summed E-state index contributed by atoms with van der Waals surface area (Å²) in [6, 6.07) is 12.3. The predicted octanol–water partition coefficient (Wildman–Crippen LogP) is 3.81. The molecule has 0 N–H and O–H groups in total. The molecule has 0 aromatic heterocycles. The molecule has 3 heteroatoms. The van der Waals surface area contributed by atoms with Crippen LogP contribution in [0, 0.1) is 18.8 Å². The van der Waals surface area contributed by atoms with Crippen LogP contribution in [0.4, 0.5) is 0 Å². The molecule has 0 aliphatic carbocycles. The fraction of sp³-hybridized carbons (Fsp3) is 0.143. The van der Waals surface area contributed by atoms with Crippen molar-refractivity contribution in [2.24, 2.45) is 5.11 Å². The first-order valence-electron chi connectivity index (χ1n) is 5.31. The maximum atomic E-state index is 8.18. The van der Waals surface area contributed by atoms with E-state index in [0.717, 1.165) is 16.5 Å². The second kappa shape index (κ2) is 5.07. The fourth-order valence-corrected chi connectivity index (χ4v) is 1.74. The van der Waals surface area contributed by atoms with Crippen molar-refractivity contribution in [3.63, 3.8) is 0 Å². The molecule has 0 unspecified atom stereocenters. The first-order valence-corrected chi connectivity index (χ1v) is 5.31. The molecule has 2 rings (SSSR count). The average molecular weight is 221 g/mol. The lowest BCUT2D eigenvalue weighted by Crippen LogP contribution is -1.85. The maximum Gasteiger partial charge on any atom is 0.0880 e. The summed E-state index contributed by atoms with van der Waals surface area (Å²) in [4.78, 5) is 2.67. The Morgan fingerprint density at radius 2 is 2.06 bits per heavy atom. The van der Waals surface area contributed by atoms with Crippen LogP contribution in [0.25, 0.3) is 21.2 Å². The summed E-state index contributed by atoms with van der Waals surface area (Å²) in [5.74, 6) is 5.94. The number of hydrogen-bond donors (Lipinski definition) is 0. The number of benzene rings is 2. The van der Waals surface area contributed by atoms with Gasteiger partial charge in [-0.25, -0.2) is 0 Å². The van der Waals surface area contributed by atoms with Crippen LogP contribution in [0.5, 0.6) is 0 Å². The maximum absolute atomic E-state index is 8.18. The van der Waals surface area contributed by atoms with Crippen LogP contribution in [0.15, 0.2) is 41.5 Å². The Morgan fingerprint density at radius 1 is 1.24 bits per heavy atom. The topological polar surface area (TPSA) is 48.8 Å². The van der Waals surface area contributed by atoms with Crippen LogP contribution in [-0.2, 0) is 0 Å². The van der Waals surface area contributed by atoms with Crippen molar-refractivity contribution in [3.05, 3.63) is 58.0 Å². The zero-order valence-corrected chi connectivity index (χ0v) is 9.51. The molecule has 17 heavy (non-hydrogen) atoms. The molecule has 0 bridgehead atoms. The zero-order valence-electron chi connectivity index (χ0n) is 9.51. The van der Waals surface area contributed by atoms with Gasteiger partial charge in [-0.3, -0.25) is 0 Å². The molecule has 82 valence electrons. The van der Waals surface area contributed by atoms with E-state index in [1.807, 2.05) is 19.1 Å². The lowest BCUT2D eigenvalue weighted by atomic mass is 10.0. The minimum absolute atomic E-state index is 0.208. The second-order valence-electron chi connectivity index (χ2n) is 3.67. The van der Waals surface area contributed by atoms with Crippen molar-refractivity contribution in [1.29, 1.82) is 0 Å². The van der Waals surface area contributed by atoms with Crippen molar-refractivity contribution in [3.8, 4) is 11.8 Å². The molecule has 0 saturated heterocycles. The van der Waals surface area contributed by atoms with Gasteiger partial charge in [0, 0.05) is 10.5 Å². The molecule has 0 atom stereocenters. The number of rotatable bonds is 1. The summed E-state index contributed by atoms with van der Waals surface area (Å²) in [5, 5.41) is 5.72. The third-order valence-corrected chi connectivity index (χ3v) is 2.56. The molecule has 0 aliphatic rings. The van der Waals surface area contributed by atoms with Gasteiger partial charge in [-0.15, -0.1) is 0 Å². The molecule has 0 heterocycles. The largest absolute Gasteiger partial charge is 0.0919 e. The Labute approximate surface area is 99.7 Å². The second-order valence-corrected chi connectivity index (χ2v) is 3.67. The lowest BCUT2D eigenvalue weighted by Gasteiger charge is -2.03. The van der Waals surface area contributed by atoms with Crippen LogP contribution >= 0.6 is 0 Å². The Hall–Kier alpha value is -2.43. The van der Waals surface area contributed by atoms with Crippen LogP contribution in [0.1, 0.15) is 11.1 Å². The summed E-state index contributed by atoms with van der Waals surface area (Å²) < 4.78 is 0. The summed E-state index contributed by atoms with van der Waals surface area (Å²) in [6.07, 6.45) is 0. The number of hydrogen-bond acceptors (Lipinski definition) is 1. The van der Waals surface area contributed by atoms with Crippen molar-refractivity contribution in [2.75, 3.05) is 6.54 Å². The Bertz CT molecular complexity index is 656. The SMILES string of the molecule is Cc1ccc2ccccc2c1C#CCN=[N+]=[N-]. The van der Waals surface area contributed by atoms with Gasteiger partial charge in [0.05, 0.1) is 6.54 Å². The van der Waals surface area contributed by atoms with E-state index in [1.165, 1.54) is 5.39 Å². The molecule has 0 amide bonds. The van der Waals surface area contributed by atoms with E-state index in [1.54, 1.807) is 0 Å². The molecular formula is C14H11N3. The highest BCUT2D eigenvalue weighted by Gasteiger charge is 2.00. The van der Waals surface area contributed by atoms with Gasteiger partial charge < -0.3 is 0 Å². The molecule has 0 aliphatic heterocycles. The predicted molar refractivity (Wildman–Crippen MR) is 69.6 cm³/mol. The van der Waals surface area contributed by atoms with Crippen molar-refractivity contribution >= 4 is 10.8 Å². The van der Waals surface area contributed by atoms with Crippen LogP contribution in [0.2, 0.25) is 0 Å². The van der Waals surface area contributed by atoms with Crippen molar-refractivity contribution in [2.45, 2.75) is 6.92 Å². The Kier molecular flexibility index (Phi) is 3.30. The minimum atomic E-state index is 0.208. The molecule has 3 nitrogen and oxygen atoms in total. The molecule has 0 radical (unpaired) electrons. The van der Waals surface area contributed by atoms with Gasteiger partial charge in [-0.1, -0.05) is 53.4 Å². The highest BCUT2D eigenvalue weighted by atomic mass is 15.1. The summed E-state index contributed by atoms with van der Waals surface area (Å²) in [5.41, 5.74) is 10.3. The van der Waals surface area contributed by atoms with E-state index >= 15 is 0 Å². The number of azide groups is 1. The third-order valence-electron chi connectivity index (χ3n) is 2.56. The van der Waals surface area contributed by atoms with E-state index in [9.17, 15) is 0 Å². The van der Waals surface area contributed by atoms with Crippen molar-refractivity contribution in [1.82, 2.24) is 0 Å². The number of aryl methyl sites for hydroxylation is 1. The summed E-state index contributed by atoms with van der Waals surface area (Å²) >= 11 is 0. The molecule has 0 saturated carbocycles. The first kappa shape index (κ1) is 11.1. The molecule has 2 aromatic carbocycles. The van der Waals surface area contributed by atoms with E-state index in [0.29, 0.717) is 0 Å². The third kappa shape index (κ3) is 2.39. The molecule has 0 spiro atoms. The molecule has 2 aromatic rings. The lowest BCUT2D eigenvalue weighted by molar-refractivity contribution is 1.25. The minimum Gasteiger partial charge on any atom is -0.0919 e. The Balaban J connectivity index is 2.53. The summed E-state index contributed by atoms with van der Waals surface area (Å²) in [7, 11) is 0. The van der Waals surface area contributed by atoms with E-state index < -0.39 is 0 Å². The molecular weight excluding hydrogens is 210 g/mol. The first-order chi connectivity index (χ1) is 8.33. The monoisotopic (exact) mass is 221 g/mol. The van der Waals surface area contributed by atoms with Crippen LogP contribution in [0.3, 0.4) is 0 Å². The van der Waals surface area contributed by atoms with E-state index in [2.05, 4.69) is 46.1 Å². The van der Waals surface area contributed by atoms with Gasteiger partial charge in [0.15, 0.2) is 0 Å². The van der Waals surface area contributed by atoms with Gasteiger partial charge in [-0.2, -0.15) is 0 Å². The fourth-order valence-electron chi connectivity index (χ4n) is 1.74. The summed E-state index contributed by atoms with van der Waals surface area (Å²) in [6.45, 7) is 2.24.